The van der Waals surface area contributed by atoms with E-state index in [1.165, 1.54) is 6.42 Å². The normalized spacial score (nSPS) is 18.1. The fourth-order valence-corrected chi connectivity index (χ4v) is 4.80. The molecule has 4 rings (SSSR count). The van der Waals surface area contributed by atoms with Crippen LogP contribution >= 0.6 is 0 Å². The van der Waals surface area contributed by atoms with Gasteiger partial charge >= 0.3 is 5.69 Å². The molecule has 2 heterocycles. The average molecular weight is 469 g/mol. The van der Waals surface area contributed by atoms with Crippen LogP contribution in [-0.4, -0.2) is 52.4 Å². The van der Waals surface area contributed by atoms with Crippen LogP contribution in [0.3, 0.4) is 0 Å². The number of nitrogens with zero attached hydrogens (tertiary/aromatic N) is 4. The molecular formula is C26H36N4O4. The van der Waals surface area contributed by atoms with Gasteiger partial charge in [0.15, 0.2) is 5.75 Å². The molecule has 1 aliphatic heterocycles. The summed E-state index contributed by atoms with van der Waals surface area (Å²) in [7, 11) is 2.12. The molecular weight excluding hydrogens is 432 g/mol. The molecule has 0 N–H and O–H groups in total. The van der Waals surface area contributed by atoms with Gasteiger partial charge in [0.2, 0.25) is 5.88 Å². The lowest BCUT2D eigenvalue weighted by atomic mass is 9.97. The summed E-state index contributed by atoms with van der Waals surface area (Å²) in [6, 6.07) is 7.15. The Morgan fingerprint density at radius 3 is 2.47 bits per heavy atom. The first-order valence-electron chi connectivity index (χ1n) is 12.7. The predicted octanol–water partition coefficient (Wildman–Crippen LogP) is 5.58. The van der Waals surface area contributed by atoms with E-state index in [0.29, 0.717) is 11.6 Å². The maximum Gasteiger partial charge on any atom is 0.311 e. The van der Waals surface area contributed by atoms with Gasteiger partial charge in [-0.15, -0.1) is 5.10 Å². The van der Waals surface area contributed by atoms with E-state index in [-0.39, 0.29) is 22.8 Å². The second kappa shape index (κ2) is 11.6. The first-order valence-corrected chi connectivity index (χ1v) is 12.7. The van der Waals surface area contributed by atoms with E-state index in [9.17, 15) is 10.1 Å². The molecule has 0 radical (unpaired) electrons. The molecule has 0 atom stereocenters. The van der Waals surface area contributed by atoms with Gasteiger partial charge in [0.25, 0.3) is 0 Å². The molecule has 8 nitrogen and oxygen atoms in total. The van der Waals surface area contributed by atoms with Crippen LogP contribution in [0.1, 0.15) is 70.4 Å². The zero-order valence-corrected chi connectivity index (χ0v) is 20.4. The number of ether oxygens (including phenoxy) is 2. The Kier molecular flexibility index (Phi) is 8.32. The Morgan fingerprint density at radius 2 is 1.76 bits per heavy atom. The molecule has 184 valence electrons. The lowest BCUT2D eigenvalue weighted by Gasteiger charge is -2.28. The van der Waals surface area contributed by atoms with E-state index in [2.05, 4.69) is 29.1 Å². The second-order valence-electron chi connectivity index (χ2n) is 9.58. The lowest BCUT2D eigenvalue weighted by molar-refractivity contribution is -0.386. The van der Waals surface area contributed by atoms with Crippen LogP contribution in [0.15, 0.2) is 24.3 Å². The van der Waals surface area contributed by atoms with Crippen LogP contribution in [0.4, 0.5) is 5.69 Å². The Hall–Kier alpha value is -2.74. The largest absolute Gasteiger partial charge is 0.484 e. The number of nitro benzene ring substituents is 1. The molecule has 1 aromatic heterocycles. The van der Waals surface area contributed by atoms with E-state index in [0.717, 1.165) is 87.7 Å². The van der Waals surface area contributed by atoms with Crippen molar-refractivity contribution in [3.63, 3.8) is 0 Å². The fourth-order valence-electron chi connectivity index (χ4n) is 4.80. The van der Waals surface area contributed by atoms with Crippen molar-refractivity contribution in [3.8, 4) is 22.8 Å². The van der Waals surface area contributed by atoms with Gasteiger partial charge < -0.3 is 14.4 Å². The molecule has 1 aliphatic carbocycles. The Labute approximate surface area is 201 Å². The highest BCUT2D eigenvalue weighted by molar-refractivity contribution is 5.71. The summed E-state index contributed by atoms with van der Waals surface area (Å²) in [6.07, 6.45) is 10.2. The molecule has 8 heteroatoms. The Balaban J connectivity index is 1.61. The summed E-state index contributed by atoms with van der Waals surface area (Å²) in [4.78, 5) is 13.9. The molecule has 2 fully saturated rings. The first kappa shape index (κ1) is 24.4. The van der Waals surface area contributed by atoms with Gasteiger partial charge in [0.05, 0.1) is 16.7 Å². The standard InChI is InChI=1S/C26H36N4O4/c1-3-4-10-23-22(18-26(28-27-23)34-21-13-15-29(2)16-14-21)19-11-12-25(24(17-19)30(31)32)33-20-8-6-5-7-9-20/h11-12,17-18,20-21H,3-10,13-16H2,1-2H3. The molecule has 34 heavy (non-hydrogen) atoms. The number of rotatable bonds is 9. The van der Waals surface area contributed by atoms with Crippen molar-refractivity contribution >= 4 is 5.69 Å². The summed E-state index contributed by atoms with van der Waals surface area (Å²) in [5.74, 6) is 0.829. The van der Waals surface area contributed by atoms with E-state index in [1.807, 2.05) is 12.1 Å². The number of nitro groups is 1. The monoisotopic (exact) mass is 468 g/mol. The number of aryl methyl sites for hydroxylation is 1. The summed E-state index contributed by atoms with van der Waals surface area (Å²) in [5, 5.41) is 20.7. The van der Waals surface area contributed by atoms with Crippen molar-refractivity contribution in [2.75, 3.05) is 20.1 Å². The van der Waals surface area contributed by atoms with Crippen molar-refractivity contribution in [1.29, 1.82) is 0 Å². The maximum absolute atomic E-state index is 11.9. The molecule has 0 unspecified atom stereocenters. The van der Waals surface area contributed by atoms with Gasteiger partial charge in [-0.1, -0.05) is 25.8 Å². The molecule has 1 aromatic carbocycles. The quantitative estimate of drug-likeness (QED) is 0.350. The van der Waals surface area contributed by atoms with Crippen LogP contribution in [0.2, 0.25) is 0 Å². The minimum absolute atomic E-state index is 0.000821. The van der Waals surface area contributed by atoms with Crippen LogP contribution in [-0.2, 0) is 6.42 Å². The van der Waals surface area contributed by atoms with Crippen molar-refractivity contribution in [3.05, 3.63) is 40.1 Å². The van der Waals surface area contributed by atoms with E-state index in [4.69, 9.17) is 9.47 Å². The molecule has 1 saturated carbocycles. The smallest absolute Gasteiger partial charge is 0.311 e. The van der Waals surface area contributed by atoms with E-state index in [1.54, 1.807) is 12.1 Å². The molecule has 1 saturated heterocycles. The highest BCUT2D eigenvalue weighted by atomic mass is 16.6. The molecule has 2 aromatic rings. The van der Waals surface area contributed by atoms with Gasteiger partial charge in [-0.2, -0.15) is 5.10 Å². The number of benzene rings is 1. The van der Waals surface area contributed by atoms with Crippen molar-refractivity contribution in [2.45, 2.75) is 83.3 Å². The number of hydrogen-bond donors (Lipinski definition) is 0. The maximum atomic E-state index is 11.9. The van der Waals surface area contributed by atoms with Crippen molar-refractivity contribution in [2.24, 2.45) is 0 Å². The number of likely N-dealkylation sites (tertiary alicyclic amines) is 1. The first-order chi connectivity index (χ1) is 16.5. The second-order valence-corrected chi connectivity index (χ2v) is 9.58. The molecule has 0 spiro atoms. The zero-order valence-electron chi connectivity index (χ0n) is 20.4. The number of hydrogen-bond acceptors (Lipinski definition) is 7. The van der Waals surface area contributed by atoms with E-state index >= 15 is 0 Å². The van der Waals surface area contributed by atoms with Crippen LogP contribution in [0.25, 0.3) is 11.1 Å². The Morgan fingerprint density at radius 1 is 1.03 bits per heavy atom. The number of piperidine rings is 1. The van der Waals surface area contributed by atoms with Gasteiger partial charge in [0, 0.05) is 30.8 Å². The Bertz CT molecular complexity index is 969. The SMILES string of the molecule is CCCCc1nnc(OC2CCN(C)CC2)cc1-c1ccc(OC2CCCCC2)c([N+](=O)[O-])c1. The third-order valence-electron chi connectivity index (χ3n) is 6.88. The minimum Gasteiger partial charge on any atom is -0.484 e. The summed E-state index contributed by atoms with van der Waals surface area (Å²) < 4.78 is 12.2. The molecule has 0 bridgehead atoms. The van der Waals surface area contributed by atoms with Crippen LogP contribution in [0, 0.1) is 10.1 Å². The van der Waals surface area contributed by atoms with Crippen LogP contribution in [0.5, 0.6) is 11.6 Å². The third-order valence-corrected chi connectivity index (χ3v) is 6.88. The van der Waals surface area contributed by atoms with Gasteiger partial charge in [-0.25, -0.2) is 0 Å². The number of unbranched alkanes of at least 4 members (excludes halogenated alkanes) is 1. The van der Waals surface area contributed by atoms with Crippen LogP contribution < -0.4 is 9.47 Å². The van der Waals surface area contributed by atoms with E-state index < -0.39 is 0 Å². The fraction of sp³-hybridized carbons (Fsp3) is 0.615. The highest BCUT2D eigenvalue weighted by Gasteiger charge is 2.24. The summed E-state index contributed by atoms with van der Waals surface area (Å²) in [6.45, 7) is 4.12. The zero-order chi connectivity index (χ0) is 23.9. The van der Waals surface area contributed by atoms with Crippen molar-refractivity contribution < 1.29 is 14.4 Å². The summed E-state index contributed by atoms with van der Waals surface area (Å²) >= 11 is 0. The van der Waals surface area contributed by atoms with Crippen molar-refractivity contribution in [1.82, 2.24) is 15.1 Å². The predicted molar refractivity (Wildman–Crippen MR) is 131 cm³/mol. The topological polar surface area (TPSA) is 90.6 Å². The highest BCUT2D eigenvalue weighted by Crippen LogP contribution is 2.36. The van der Waals surface area contributed by atoms with Gasteiger partial charge in [-0.05, 0) is 70.0 Å². The number of aromatic nitrogens is 2. The lowest BCUT2D eigenvalue weighted by Crippen LogP contribution is -2.35. The molecule has 2 aliphatic rings. The third kappa shape index (κ3) is 6.23. The average Bonchev–Trinajstić information content (AvgIpc) is 2.85. The van der Waals surface area contributed by atoms with Gasteiger partial charge in [-0.3, -0.25) is 10.1 Å². The van der Waals surface area contributed by atoms with Gasteiger partial charge in [0.1, 0.15) is 6.10 Å². The summed E-state index contributed by atoms with van der Waals surface area (Å²) in [5.41, 5.74) is 2.43. The molecule has 0 amide bonds. The minimum atomic E-state index is -0.349.